The van der Waals surface area contributed by atoms with Crippen LogP contribution in [0.1, 0.15) is 25.1 Å². The summed E-state index contributed by atoms with van der Waals surface area (Å²) in [6.07, 6.45) is 0. The first-order valence-corrected chi connectivity index (χ1v) is 8.86. The summed E-state index contributed by atoms with van der Waals surface area (Å²) in [6, 6.07) is 13.0. The van der Waals surface area contributed by atoms with Crippen LogP contribution in [0.3, 0.4) is 0 Å². The van der Waals surface area contributed by atoms with E-state index < -0.39 is 11.4 Å². The Bertz CT molecular complexity index is 1030. The average molecular weight is 381 g/mol. The molecular weight excluding hydrogens is 358 g/mol. The average Bonchev–Trinajstić information content (AvgIpc) is 3.05. The minimum Gasteiger partial charge on any atom is -0.480 e. The monoisotopic (exact) mass is 381 g/mol. The lowest BCUT2D eigenvalue weighted by Gasteiger charge is -2.23. The zero-order valence-electron chi connectivity index (χ0n) is 16.3. The molecule has 0 atom stereocenters. The Balaban J connectivity index is 1.87. The van der Waals surface area contributed by atoms with E-state index in [4.69, 9.17) is 5.11 Å². The summed E-state index contributed by atoms with van der Waals surface area (Å²) < 4.78 is 1.60. The van der Waals surface area contributed by atoms with Gasteiger partial charge in [-0.05, 0) is 38.5 Å². The van der Waals surface area contributed by atoms with Gasteiger partial charge in [-0.15, -0.1) is 5.10 Å². The Kier molecular flexibility index (Phi) is 5.04. The molecule has 0 saturated carbocycles. The van der Waals surface area contributed by atoms with E-state index in [2.05, 4.69) is 15.4 Å². The minimum atomic E-state index is -0.920. The number of nitrogens with one attached hydrogen (secondary N) is 1. The predicted molar refractivity (Wildman–Crippen MR) is 107 cm³/mol. The molecule has 0 radical (unpaired) electrons. The maximum atomic E-state index is 12.8. The van der Waals surface area contributed by atoms with E-state index in [0.29, 0.717) is 5.65 Å². The van der Waals surface area contributed by atoms with Crippen LogP contribution in [0, 0.1) is 6.92 Å². The molecule has 0 aliphatic heterocycles. The number of carbonyl (C=O) groups excluding carboxylic acids is 1. The number of hydrogen-bond donors (Lipinski definition) is 2. The van der Waals surface area contributed by atoms with Crippen LogP contribution in [-0.4, -0.2) is 45.2 Å². The Morgan fingerprint density at radius 3 is 2.50 bits per heavy atom. The molecule has 2 N–H and O–H groups in total. The first kappa shape index (κ1) is 19.3. The number of carboxylic acids is 1. The largest absolute Gasteiger partial charge is 0.480 e. The molecule has 0 saturated heterocycles. The van der Waals surface area contributed by atoms with Gasteiger partial charge in [-0.25, -0.2) is 4.52 Å². The highest BCUT2D eigenvalue weighted by Gasteiger charge is 2.30. The van der Waals surface area contributed by atoms with Crippen LogP contribution in [0.15, 0.2) is 42.5 Å². The maximum Gasteiger partial charge on any atom is 0.323 e. The molecule has 0 aliphatic rings. The van der Waals surface area contributed by atoms with Crippen molar-refractivity contribution in [2.24, 2.45) is 0 Å². The third-order valence-electron chi connectivity index (χ3n) is 4.78. The Morgan fingerprint density at radius 1 is 1.18 bits per heavy atom. The Labute approximate surface area is 162 Å². The molecule has 3 rings (SSSR count). The lowest BCUT2D eigenvalue weighted by atomic mass is 9.84. The summed E-state index contributed by atoms with van der Waals surface area (Å²) in [7, 11) is 1.70. The highest BCUT2D eigenvalue weighted by molar-refractivity contribution is 5.97. The first-order chi connectivity index (χ1) is 13.2. The number of amides is 1. The molecule has 8 heteroatoms. The number of anilines is 2. The summed E-state index contributed by atoms with van der Waals surface area (Å²) in [5.74, 6) is -0.928. The van der Waals surface area contributed by atoms with E-state index in [1.54, 1.807) is 28.6 Å². The number of carbonyl (C=O) groups is 2. The van der Waals surface area contributed by atoms with Gasteiger partial charge in [0, 0.05) is 7.05 Å². The summed E-state index contributed by atoms with van der Waals surface area (Å²) in [5.41, 5.74) is 2.17. The predicted octanol–water partition coefficient (Wildman–Crippen LogP) is 2.47. The highest BCUT2D eigenvalue weighted by atomic mass is 16.4. The number of aryl methyl sites for hydroxylation is 1. The third kappa shape index (κ3) is 3.66. The van der Waals surface area contributed by atoms with E-state index in [-0.39, 0.29) is 18.4 Å². The second kappa shape index (κ2) is 7.30. The third-order valence-corrected chi connectivity index (χ3v) is 4.78. The zero-order chi connectivity index (χ0) is 20.5. The second-order valence-electron chi connectivity index (χ2n) is 7.20. The van der Waals surface area contributed by atoms with Crippen molar-refractivity contribution in [2.45, 2.75) is 26.2 Å². The lowest BCUT2D eigenvalue weighted by molar-refractivity contribution is -0.135. The zero-order valence-corrected chi connectivity index (χ0v) is 16.3. The number of fused-ring (bicyclic) bond motifs is 1. The van der Waals surface area contributed by atoms with Gasteiger partial charge < -0.3 is 10.0 Å². The van der Waals surface area contributed by atoms with E-state index in [0.717, 1.165) is 16.9 Å². The molecule has 1 aromatic carbocycles. The van der Waals surface area contributed by atoms with Crippen LogP contribution in [0.4, 0.5) is 11.6 Å². The molecule has 0 spiro atoms. The van der Waals surface area contributed by atoms with E-state index in [1.165, 1.54) is 0 Å². The van der Waals surface area contributed by atoms with Gasteiger partial charge in [0.25, 0.3) is 0 Å². The van der Waals surface area contributed by atoms with Gasteiger partial charge in [0.2, 0.25) is 11.9 Å². The molecule has 2 aromatic heterocycles. The van der Waals surface area contributed by atoms with Crippen LogP contribution in [0.2, 0.25) is 0 Å². The van der Waals surface area contributed by atoms with Crippen LogP contribution < -0.4 is 10.2 Å². The van der Waals surface area contributed by atoms with Crippen molar-refractivity contribution in [1.29, 1.82) is 0 Å². The number of hydrogen-bond acceptors (Lipinski definition) is 5. The number of aliphatic carboxylic acids is 1. The standard InChI is InChI=1S/C20H23N5O3/c1-13-15(24(4)12-17(26)27)10-11-16-21-19(23-25(13)16)22-18(28)20(2,3)14-8-6-5-7-9-14/h5-11H,12H2,1-4H3,(H,26,27)(H,22,23,28). The molecule has 8 nitrogen and oxygen atoms in total. The molecule has 28 heavy (non-hydrogen) atoms. The lowest BCUT2D eigenvalue weighted by Crippen LogP contribution is -2.35. The number of benzene rings is 1. The number of carboxylic acid groups (broad SMARTS) is 1. The number of rotatable bonds is 6. The fourth-order valence-corrected chi connectivity index (χ4v) is 3.05. The Morgan fingerprint density at radius 2 is 1.86 bits per heavy atom. The van der Waals surface area contributed by atoms with Crippen molar-refractivity contribution < 1.29 is 14.7 Å². The van der Waals surface area contributed by atoms with Crippen LogP contribution >= 0.6 is 0 Å². The van der Waals surface area contributed by atoms with Crippen molar-refractivity contribution in [2.75, 3.05) is 23.8 Å². The fraction of sp³-hybridized carbons (Fsp3) is 0.300. The minimum absolute atomic E-state index is 0.129. The molecule has 0 aliphatic carbocycles. The van der Waals surface area contributed by atoms with Gasteiger partial charge in [-0.2, -0.15) is 4.98 Å². The van der Waals surface area contributed by atoms with Crippen LogP contribution in [0.5, 0.6) is 0 Å². The molecule has 3 aromatic rings. The van der Waals surface area contributed by atoms with E-state index >= 15 is 0 Å². The van der Waals surface area contributed by atoms with Gasteiger partial charge >= 0.3 is 5.97 Å². The van der Waals surface area contributed by atoms with Gasteiger partial charge in [0.1, 0.15) is 6.54 Å². The van der Waals surface area contributed by atoms with Crippen molar-refractivity contribution >= 4 is 29.2 Å². The smallest absolute Gasteiger partial charge is 0.323 e. The van der Waals surface area contributed by atoms with Crippen LogP contribution in [0.25, 0.3) is 5.65 Å². The van der Waals surface area contributed by atoms with Gasteiger partial charge in [0.15, 0.2) is 5.65 Å². The first-order valence-electron chi connectivity index (χ1n) is 8.86. The fourth-order valence-electron chi connectivity index (χ4n) is 3.05. The molecule has 2 heterocycles. The molecule has 1 amide bonds. The summed E-state index contributed by atoms with van der Waals surface area (Å²) in [5, 5.41) is 16.2. The summed E-state index contributed by atoms with van der Waals surface area (Å²) >= 11 is 0. The SMILES string of the molecule is Cc1c(N(C)CC(=O)O)ccc2nc(NC(=O)C(C)(C)c3ccccc3)nn12. The summed E-state index contributed by atoms with van der Waals surface area (Å²) in [6.45, 7) is 5.39. The number of aromatic nitrogens is 3. The Hall–Kier alpha value is -3.42. The molecule has 0 fully saturated rings. The van der Waals surface area contributed by atoms with E-state index in [9.17, 15) is 9.59 Å². The molecule has 146 valence electrons. The van der Waals surface area contributed by atoms with Gasteiger partial charge in [-0.1, -0.05) is 30.3 Å². The molecule has 0 unspecified atom stereocenters. The quantitative estimate of drug-likeness (QED) is 0.680. The molecule has 0 bridgehead atoms. The normalized spacial score (nSPS) is 11.4. The highest BCUT2D eigenvalue weighted by Crippen LogP contribution is 2.25. The number of nitrogens with zero attached hydrogens (tertiary/aromatic N) is 4. The van der Waals surface area contributed by atoms with Crippen molar-refractivity contribution in [3.63, 3.8) is 0 Å². The number of pyridine rings is 1. The maximum absolute atomic E-state index is 12.8. The van der Waals surface area contributed by atoms with Crippen molar-refractivity contribution in [3.05, 3.63) is 53.7 Å². The molecular formula is C20H23N5O3. The van der Waals surface area contributed by atoms with Gasteiger partial charge in [0.05, 0.1) is 16.8 Å². The van der Waals surface area contributed by atoms with Gasteiger partial charge in [-0.3, -0.25) is 14.9 Å². The van der Waals surface area contributed by atoms with Crippen molar-refractivity contribution in [1.82, 2.24) is 14.6 Å². The topological polar surface area (TPSA) is 99.8 Å². The number of likely N-dealkylation sites (N-methyl/N-ethyl adjacent to an activating group) is 1. The second-order valence-corrected chi connectivity index (χ2v) is 7.20. The summed E-state index contributed by atoms with van der Waals surface area (Å²) in [4.78, 5) is 29.8. The van der Waals surface area contributed by atoms with E-state index in [1.807, 2.05) is 51.1 Å². The van der Waals surface area contributed by atoms with Crippen LogP contribution in [-0.2, 0) is 15.0 Å². The van der Waals surface area contributed by atoms with Crippen molar-refractivity contribution in [3.8, 4) is 0 Å².